The molecule has 0 rings (SSSR count). The van der Waals surface area contributed by atoms with E-state index in [9.17, 15) is 0 Å². The Bertz CT molecular complexity index is 134. The van der Waals surface area contributed by atoms with E-state index in [0.29, 0.717) is 0 Å². The molecule has 0 radical (unpaired) electrons. The Morgan fingerprint density at radius 3 is 2.07 bits per heavy atom. The highest BCUT2D eigenvalue weighted by Gasteiger charge is 2.16. The van der Waals surface area contributed by atoms with Gasteiger partial charge >= 0.3 is 0 Å². The number of hydrogen-bond acceptors (Lipinski definition) is 4. The lowest BCUT2D eigenvalue weighted by Gasteiger charge is -2.25. The summed E-state index contributed by atoms with van der Waals surface area (Å²) in [4.78, 5) is 10.0. The van der Waals surface area contributed by atoms with Gasteiger partial charge in [0, 0.05) is 17.4 Å². The van der Waals surface area contributed by atoms with E-state index in [4.69, 9.17) is 14.4 Å². The Hall–Kier alpha value is 0.0569. The van der Waals surface area contributed by atoms with Gasteiger partial charge in [0.25, 0.3) is 0 Å². The topological polar surface area (TPSA) is 30.9 Å². The maximum Gasteiger partial charge on any atom is 0.159 e. The molecule has 0 N–H and O–H groups in total. The van der Waals surface area contributed by atoms with Crippen LogP contribution < -0.4 is 0 Å². The molecule has 0 aliphatic carbocycles. The first kappa shape index (κ1) is 15.1. The summed E-state index contributed by atoms with van der Waals surface area (Å²) in [5.41, 5.74) is 0. The summed E-state index contributed by atoms with van der Waals surface area (Å²) in [6.45, 7) is 0. The molecule has 0 fully saturated rings. The predicted octanol–water partition coefficient (Wildman–Crippen LogP) is 1.12. The molecule has 0 aliphatic rings. The highest BCUT2D eigenvalue weighted by Crippen LogP contribution is 2.12. The number of hydroxylamine groups is 2. The summed E-state index contributed by atoms with van der Waals surface area (Å²) in [6.07, 6.45) is 5.98. The van der Waals surface area contributed by atoms with Crippen molar-refractivity contribution in [3.8, 4) is 0 Å². The molecule has 0 saturated carbocycles. The molecule has 0 bridgehead atoms. The van der Waals surface area contributed by atoms with Gasteiger partial charge in [0.05, 0.1) is 14.2 Å². The van der Waals surface area contributed by atoms with Crippen LogP contribution in [0.5, 0.6) is 0 Å². The summed E-state index contributed by atoms with van der Waals surface area (Å²) < 4.78 is 5.28. The number of nitrogens with zero attached hydrogens (tertiary/aromatic N) is 1. The monoisotopic (exact) mass is 235 g/mol. The van der Waals surface area contributed by atoms with Gasteiger partial charge in [-0.2, -0.15) is 0 Å². The van der Waals surface area contributed by atoms with Crippen LogP contribution >= 0.6 is 0 Å². The standard InChI is InChI=1S/C10H25NO3Si/c1-12-10(11(13-2)14-3)8-6-4-5-7-9-15/h10H,4-9H2,1-3,15H3. The molecule has 0 aromatic heterocycles. The first-order chi connectivity index (χ1) is 7.29. The zero-order valence-corrected chi connectivity index (χ0v) is 12.5. The van der Waals surface area contributed by atoms with Gasteiger partial charge in [-0.25, -0.2) is 0 Å². The second-order valence-corrected chi connectivity index (χ2v) is 4.54. The predicted molar refractivity (Wildman–Crippen MR) is 64.5 cm³/mol. The summed E-state index contributed by atoms with van der Waals surface area (Å²) in [6, 6.07) is 1.41. The third-order valence-corrected chi connectivity index (χ3v) is 3.13. The van der Waals surface area contributed by atoms with Gasteiger partial charge in [0.1, 0.15) is 0 Å². The van der Waals surface area contributed by atoms with E-state index in [-0.39, 0.29) is 6.23 Å². The Morgan fingerprint density at radius 2 is 1.60 bits per heavy atom. The van der Waals surface area contributed by atoms with Crippen molar-refractivity contribution < 1.29 is 14.4 Å². The van der Waals surface area contributed by atoms with Gasteiger partial charge in [-0.05, 0) is 18.1 Å². The van der Waals surface area contributed by atoms with Crippen LogP contribution in [0.2, 0.25) is 6.04 Å². The molecule has 92 valence electrons. The highest BCUT2D eigenvalue weighted by atomic mass is 28.1. The number of methoxy groups -OCH3 is 1. The first-order valence-electron chi connectivity index (χ1n) is 5.70. The molecule has 4 nitrogen and oxygen atoms in total. The van der Waals surface area contributed by atoms with Crippen molar-refractivity contribution in [1.82, 2.24) is 5.23 Å². The van der Waals surface area contributed by atoms with Crippen LogP contribution in [-0.2, 0) is 14.4 Å². The molecule has 0 heterocycles. The molecule has 0 saturated heterocycles. The Balaban J connectivity index is 3.60. The van der Waals surface area contributed by atoms with Crippen LogP contribution in [0.3, 0.4) is 0 Å². The number of ether oxygens (including phenoxy) is 1. The van der Waals surface area contributed by atoms with Crippen molar-refractivity contribution in [3.63, 3.8) is 0 Å². The van der Waals surface area contributed by atoms with E-state index in [0.717, 1.165) is 12.8 Å². The minimum Gasteiger partial charge on any atom is -0.362 e. The van der Waals surface area contributed by atoms with Gasteiger partial charge < -0.3 is 4.74 Å². The molecular weight excluding hydrogens is 210 g/mol. The molecule has 1 unspecified atom stereocenters. The molecule has 0 amide bonds. The molecule has 0 aromatic rings. The third-order valence-electron chi connectivity index (χ3n) is 2.42. The normalized spacial score (nSPS) is 13.6. The van der Waals surface area contributed by atoms with Gasteiger partial charge in [-0.3, -0.25) is 9.68 Å². The largest absolute Gasteiger partial charge is 0.362 e. The Morgan fingerprint density at radius 1 is 1.00 bits per heavy atom. The summed E-state index contributed by atoms with van der Waals surface area (Å²) in [5.74, 6) is 0. The summed E-state index contributed by atoms with van der Waals surface area (Å²) >= 11 is 0. The van der Waals surface area contributed by atoms with Crippen molar-refractivity contribution in [2.24, 2.45) is 0 Å². The average Bonchev–Trinajstić information content (AvgIpc) is 2.27. The molecule has 0 aliphatic heterocycles. The first-order valence-corrected chi connectivity index (χ1v) is 7.11. The van der Waals surface area contributed by atoms with Gasteiger partial charge in [0.15, 0.2) is 6.23 Å². The van der Waals surface area contributed by atoms with Gasteiger partial charge in [0.2, 0.25) is 0 Å². The lowest BCUT2D eigenvalue weighted by molar-refractivity contribution is -0.401. The lowest BCUT2D eigenvalue weighted by atomic mass is 10.1. The minimum atomic E-state index is -0.101. The van der Waals surface area contributed by atoms with E-state index in [2.05, 4.69) is 0 Å². The van der Waals surface area contributed by atoms with E-state index in [1.165, 1.54) is 40.8 Å². The van der Waals surface area contributed by atoms with Crippen molar-refractivity contribution in [2.45, 2.75) is 44.4 Å². The summed E-state index contributed by atoms with van der Waals surface area (Å²) in [7, 11) is 6.16. The molecule has 0 spiro atoms. The third kappa shape index (κ3) is 7.02. The van der Waals surface area contributed by atoms with Crippen molar-refractivity contribution in [2.75, 3.05) is 21.3 Å². The SMILES string of the molecule is COC(CCCCCC[SiH3])N(OC)OC. The Kier molecular flexibility index (Phi) is 10.6. The zero-order chi connectivity index (χ0) is 11.5. The molecule has 0 aromatic carbocycles. The number of unbranched alkanes of at least 4 members (excludes halogenated alkanes) is 3. The number of hydrogen-bond donors (Lipinski definition) is 0. The zero-order valence-electron chi connectivity index (χ0n) is 10.5. The van der Waals surface area contributed by atoms with Crippen LogP contribution in [-0.4, -0.2) is 43.0 Å². The van der Waals surface area contributed by atoms with Crippen LogP contribution in [0, 0.1) is 0 Å². The lowest BCUT2D eigenvalue weighted by Crippen LogP contribution is -2.34. The number of rotatable bonds is 10. The smallest absolute Gasteiger partial charge is 0.159 e. The van der Waals surface area contributed by atoms with Gasteiger partial charge in [-0.1, -0.05) is 25.3 Å². The van der Waals surface area contributed by atoms with E-state index in [1.54, 1.807) is 21.3 Å². The molecular formula is C10H25NO3Si. The highest BCUT2D eigenvalue weighted by molar-refractivity contribution is 6.08. The maximum atomic E-state index is 5.28. The fraction of sp³-hybridized carbons (Fsp3) is 1.00. The van der Waals surface area contributed by atoms with E-state index >= 15 is 0 Å². The second-order valence-electron chi connectivity index (χ2n) is 3.54. The average molecular weight is 235 g/mol. The Labute approximate surface area is 96.2 Å². The maximum absolute atomic E-state index is 5.28. The quantitative estimate of drug-likeness (QED) is 0.246. The molecule has 15 heavy (non-hydrogen) atoms. The fourth-order valence-electron chi connectivity index (χ4n) is 1.54. The fourth-order valence-corrected chi connectivity index (χ4v) is 2.04. The van der Waals surface area contributed by atoms with Gasteiger partial charge in [-0.15, -0.1) is 0 Å². The second kappa shape index (κ2) is 10.6. The van der Waals surface area contributed by atoms with Crippen molar-refractivity contribution >= 4 is 10.2 Å². The van der Waals surface area contributed by atoms with Crippen LogP contribution in [0.15, 0.2) is 0 Å². The van der Waals surface area contributed by atoms with E-state index < -0.39 is 0 Å². The molecule has 1 atom stereocenters. The molecule has 5 heteroatoms. The minimum absolute atomic E-state index is 0.101. The van der Waals surface area contributed by atoms with Crippen molar-refractivity contribution in [1.29, 1.82) is 0 Å². The van der Waals surface area contributed by atoms with Crippen molar-refractivity contribution in [3.05, 3.63) is 0 Å². The van der Waals surface area contributed by atoms with Crippen LogP contribution in [0.1, 0.15) is 32.1 Å². The summed E-state index contributed by atoms with van der Waals surface area (Å²) in [5, 5.41) is 1.40. The van der Waals surface area contributed by atoms with E-state index in [1.807, 2.05) is 0 Å². The van der Waals surface area contributed by atoms with Crippen LogP contribution in [0.25, 0.3) is 0 Å². The van der Waals surface area contributed by atoms with Crippen LogP contribution in [0.4, 0.5) is 0 Å².